The Morgan fingerprint density at radius 2 is 2.00 bits per heavy atom. The summed E-state index contributed by atoms with van der Waals surface area (Å²) in [4.78, 5) is 28.8. The maximum atomic E-state index is 12.5. The lowest BCUT2D eigenvalue weighted by Crippen LogP contribution is -2.30. The maximum Gasteiger partial charge on any atom is 0.261 e. The van der Waals surface area contributed by atoms with E-state index in [1.807, 2.05) is 19.1 Å². The molecule has 0 radical (unpaired) electrons. The molecular formula is C20H20ClN3O3. The fourth-order valence-electron chi connectivity index (χ4n) is 2.70. The number of hydrogen-bond acceptors (Lipinski definition) is 4. The first-order valence-corrected chi connectivity index (χ1v) is 9.02. The topological polar surface area (TPSA) is 73.2 Å². The molecule has 3 aromatic rings. The quantitative estimate of drug-likeness (QED) is 0.634. The van der Waals surface area contributed by atoms with Gasteiger partial charge < -0.3 is 10.1 Å². The van der Waals surface area contributed by atoms with Gasteiger partial charge >= 0.3 is 0 Å². The largest absolute Gasteiger partial charge is 0.492 e. The molecule has 7 heteroatoms. The minimum Gasteiger partial charge on any atom is -0.492 e. The van der Waals surface area contributed by atoms with Crippen LogP contribution in [0.15, 0.2) is 53.6 Å². The Hall–Kier alpha value is -2.86. The molecule has 0 unspecified atom stereocenters. The number of halogens is 1. The number of aryl methyl sites for hydroxylation is 2. The summed E-state index contributed by atoms with van der Waals surface area (Å²) in [7, 11) is 0. The van der Waals surface area contributed by atoms with Crippen LogP contribution >= 0.6 is 11.6 Å². The van der Waals surface area contributed by atoms with Crippen molar-refractivity contribution in [1.29, 1.82) is 0 Å². The summed E-state index contributed by atoms with van der Waals surface area (Å²) in [5.41, 5.74) is 1.51. The summed E-state index contributed by atoms with van der Waals surface area (Å²) in [5, 5.41) is 3.98. The number of carbonyl (C=O) groups excluding carboxylic acids is 1. The monoisotopic (exact) mass is 385 g/mol. The van der Waals surface area contributed by atoms with Crippen molar-refractivity contribution in [2.45, 2.75) is 19.9 Å². The molecule has 0 aliphatic carbocycles. The number of amides is 1. The minimum absolute atomic E-state index is 0.137. The number of para-hydroxylation sites is 1. The van der Waals surface area contributed by atoms with Gasteiger partial charge in [0.15, 0.2) is 0 Å². The molecule has 1 N–H and O–H groups in total. The van der Waals surface area contributed by atoms with Crippen molar-refractivity contribution in [3.63, 3.8) is 0 Å². The highest BCUT2D eigenvalue weighted by Gasteiger charge is 2.07. The summed E-state index contributed by atoms with van der Waals surface area (Å²) in [5.74, 6) is 0.545. The summed E-state index contributed by atoms with van der Waals surface area (Å²) in [6.07, 6.45) is 1.69. The average molecular weight is 386 g/mol. The fourth-order valence-corrected chi connectivity index (χ4v) is 2.82. The molecule has 1 aromatic heterocycles. The molecule has 0 aliphatic heterocycles. The van der Waals surface area contributed by atoms with E-state index in [-0.39, 0.29) is 24.4 Å². The Kier molecular flexibility index (Phi) is 6.08. The molecule has 0 fully saturated rings. The van der Waals surface area contributed by atoms with Crippen molar-refractivity contribution in [2.75, 3.05) is 13.2 Å². The molecule has 1 heterocycles. The highest BCUT2D eigenvalue weighted by molar-refractivity contribution is 6.30. The molecule has 27 heavy (non-hydrogen) atoms. The maximum absolute atomic E-state index is 12.5. The van der Waals surface area contributed by atoms with Gasteiger partial charge in [-0.3, -0.25) is 14.2 Å². The smallest absolute Gasteiger partial charge is 0.261 e. The number of aromatic nitrogens is 2. The molecule has 0 saturated heterocycles. The van der Waals surface area contributed by atoms with E-state index in [1.165, 1.54) is 10.9 Å². The van der Waals surface area contributed by atoms with E-state index < -0.39 is 0 Å². The highest BCUT2D eigenvalue weighted by atomic mass is 35.5. The Balaban J connectivity index is 1.48. The number of hydrogen-bond donors (Lipinski definition) is 1. The van der Waals surface area contributed by atoms with Crippen LogP contribution in [0.1, 0.15) is 12.0 Å². The zero-order valence-electron chi connectivity index (χ0n) is 14.9. The van der Waals surface area contributed by atoms with Crippen LogP contribution in [0.3, 0.4) is 0 Å². The van der Waals surface area contributed by atoms with Crippen LogP contribution in [0, 0.1) is 6.92 Å². The SMILES string of the molecule is Cc1cccc2c(=O)n(CCC(=O)NCCOc3ccc(Cl)cc3)cnc12. The van der Waals surface area contributed by atoms with E-state index in [2.05, 4.69) is 10.3 Å². The van der Waals surface area contributed by atoms with E-state index in [4.69, 9.17) is 16.3 Å². The van der Waals surface area contributed by atoms with E-state index in [9.17, 15) is 9.59 Å². The van der Waals surface area contributed by atoms with Crippen LogP contribution in [0.2, 0.25) is 5.02 Å². The van der Waals surface area contributed by atoms with Crippen LogP contribution in [0.4, 0.5) is 0 Å². The Morgan fingerprint density at radius 3 is 2.78 bits per heavy atom. The van der Waals surface area contributed by atoms with Gasteiger partial charge in [0.05, 0.1) is 23.8 Å². The standard InChI is InChI=1S/C20H20ClN3O3/c1-14-3-2-4-17-19(14)23-13-24(20(17)26)11-9-18(25)22-10-12-27-16-7-5-15(21)6-8-16/h2-8,13H,9-12H2,1H3,(H,22,25). The lowest BCUT2D eigenvalue weighted by molar-refractivity contribution is -0.121. The van der Waals surface area contributed by atoms with Crippen LogP contribution in [-0.2, 0) is 11.3 Å². The number of rotatable bonds is 7. The third kappa shape index (κ3) is 4.86. The highest BCUT2D eigenvalue weighted by Crippen LogP contribution is 2.15. The third-order valence-corrected chi connectivity index (χ3v) is 4.39. The predicted molar refractivity (Wildman–Crippen MR) is 105 cm³/mol. The molecule has 3 rings (SSSR count). The first-order valence-electron chi connectivity index (χ1n) is 8.64. The summed E-state index contributed by atoms with van der Waals surface area (Å²) < 4.78 is 6.98. The molecule has 2 aromatic carbocycles. The van der Waals surface area contributed by atoms with Crippen molar-refractivity contribution < 1.29 is 9.53 Å². The normalized spacial score (nSPS) is 10.7. The first kappa shape index (κ1) is 18.9. The van der Waals surface area contributed by atoms with Gasteiger partial charge in [0.1, 0.15) is 12.4 Å². The summed E-state index contributed by atoms with van der Waals surface area (Å²) >= 11 is 5.81. The average Bonchev–Trinajstić information content (AvgIpc) is 2.67. The van der Waals surface area contributed by atoms with Gasteiger partial charge in [-0.05, 0) is 42.8 Å². The van der Waals surface area contributed by atoms with E-state index >= 15 is 0 Å². The van der Waals surface area contributed by atoms with E-state index in [1.54, 1.807) is 30.3 Å². The number of ether oxygens (including phenoxy) is 1. The summed E-state index contributed by atoms with van der Waals surface area (Å²) in [6.45, 7) is 2.92. The number of carbonyl (C=O) groups is 1. The van der Waals surface area contributed by atoms with Gasteiger partial charge in [-0.25, -0.2) is 4.98 Å². The first-order chi connectivity index (χ1) is 13.0. The van der Waals surface area contributed by atoms with Crippen LogP contribution in [-0.4, -0.2) is 28.6 Å². The molecule has 0 saturated carbocycles. The van der Waals surface area contributed by atoms with Gasteiger partial charge in [0, 0.05) is 18.0 Å². The summed E-state index contributed by atoms with van der Waals surface area (Å²) in [6, 6.07) is 12.5. The van der Waals surface area contributed by atoms with Gasteiger partial charge in [0.2, 0.25) is 5.91 Å². The predicted octanol–water partition coefficient (Wildman–Crippen LogP) is 2.94. The van der Waals surface area contributed by atoms with Gasteiger partial charge in [-0.15, -0.1) is 0 Å². The molecule has 1 amide bonds. The third-order valence-electron chi connectivity index (χ3n) is 4.14. The lowest BCUT2D eigenvalue weighted by Gasteiger charge is -2.09. The van der Waals surface area contributed by atoms with Crippen LogP contribution < -0.4 is 15.6 Å². The van der Waals surface area contributed by atoms with E-state index in [0.717, 1.165) is 5.56 Å². The molecule has 140 valence electrons. The van der Waals surface area contributed by atoms with E-state index in [0.29, 0.717) is 34.8 Å². The Morgan fingerprint density at radius 1 is 1.22 bits per heavy atom. The van der Waals surface area contributed by atoms with Gasteiger partial charge in [-0.2, -0.15) is 0 Å². The van der Waals surface area contributed by atoms with Crippen LogP contribution in [0.5, 0.6) is 5.75 Å². The van der Waals surface area contributed by atoms with Gasteiger partial charge in [-0.1, -0.05) is 23.7 Å². The zero-order valence-corrected chi connectivity index (χ0v) is 15.7. The Bertz CT molecular complexity index is 1000. The second kappa shape index (κ2) is 8.68. The molecule has 6 nitrogen and oxygen atoms in total. The second-order valence-electron chi connectivity index (χ2n) is 6.12. The molecule has 0 spiro atoms. The Labute approximate surface area is 161 Å². The number of fused-ring (bicyclic) bond motifs is 1. The van der Waals surface area contributed by atoms with Gasteiger partial charge in [0.25, 0.3) is 5.56 Å². The van der Waals surface area contributed by atoms with Crippen molar-refractivity contribution in [1.82, 2.24) is 14.9 Å². The number of nitrogens with zero attached hydrogens (tertiary/aromatic N) is 2. The van der Waals surface area contributed by atoms with Crippen LogP contribution in [0.25, 0.3) is 10.9 Å². The zero-order chi connectivity index (χ0) is 19.2. The minimum atomic E-state index is -0.147. The second-order valence-corrected chi connectivity index (χ2v) is 6.55. The number of nitrogens with one attached hydrogen (secondary N) is 1. The lowest BCUT2D eigenvalue weighted by atomic mass is 10.1. The molecule has 0 aliphatic rings. The van der Waals surface area contributed by atoms with Crippen molar-refractivity contribution >= 4 is 28.4 Å². The molecular weight excluding hydrogens is 366 g/mol. The fraction of sp³-hybridized carbons (Fsp3) is 0.250. The number of benzene rings is 2. The molecule has 0 bridgehead atoms. The van der Waals surface area contributed by atoms with Crippen molar-refractivity contribution in [2.24, 2.45) is 0 Å². The van der Waals surface area contributed by atoms with Crippen molar-refractivity contribution in [3.05, 3.63) is 69.7 Å². The van der Waals surface area contributed by atoms with Crippen molar-refractivity contribution in [3.8, 4) is 5.75 Å². The molecule has 0 atom stereocenters.